The molecule has 29 heavy (non-hydrogen) atoms. The number of halogens is 4. The maximum atomic E-state index is 13.3. The number of pyridine rings is 1. The molecule has 4 rings (SSSR count). The highest BCUT2D eigenvalue weighted by Crippen LogP contribution is 2.31. The summed E-state index contributed by atoms with van der Waals surface area (Å²) in [5.41, 5.74) is 0.537. The minimum Gasteiger partial charge on any atom is -0.278 e. The summed E-state index contributed by atoms with van der Waals surface area (Å²) in [6.07, 6.45) is -0.433. The zero-order valence-electron chi connectivity index (χ0n) is 15.0. The fourth-order valence-electron chi connectivity index (χ4n) is 3.19. The number of nitrogens with zero attached hydrogens (tertiary/aromatic N) is 5. The molecule has 148 valence electrons. The molecule has 3 aromatic heterocycles. The van der Waals surface area contributed by atoms with Crippen molar-refractivity contribution in [2.75, 3.05) is 0 Å². The fraction of sp³-hybridized carbons (Fsp3) is 0.158. The van der Waals surface area contributed by atoms with Gasteiger partial charge in [-0.2, -0.15) is 13.2 Å². The van der Waals surface area contributed by atoms with Crippen molar-refractivity contribution in [1.82, 2.24) is 24.3 Å². The van der Waals surface area contributed by atoms with Gasteiger partial charge in [0.15, 0.2) is 0 Å². The van der Waals surface area contributed by atoms with Gasteiger partial charge in [0.1, 0.15) is 5.69 Å². The Balaban J connectivity index is 1.87. The number of aromatic nitrogens is 5. The fourth-order valence-corrected chi connectivity index (χ4v) is 3.28. The van der Waals surface area contributed by atoms with Crippen molar-refractivity contribution in [3.8, 4) is 11.1 Å². The van der Waals surface area contributed by atoms with Crippen LogP contribution in [0.2, 0.25) is 5.28 Å². The molecule has 0 saturated carbocycles. The largest absolute Gasteiger partial charge is 0.433 e. The molecule has 0 saturated heterocycles. The minimum atomic E-state index is -4.59. The van der Waals surface area contributed by atoms with Gasteiger partial charge in [-0.3, -0.25) is 19.1 Å². The van der Waals surface area contributed by atoms with E-state index in [0.717, 1.165) is 6.20 Å². The van der Waals surface area contributed by atoms with E-state index in [9.17, 15) is 18.0 Å². The standard InChI is InChI=1S/C19H13ClF3N5O/c1-27-17(29)14-5-4-11(13-8-25-18(20)26-9-13)7-15(14)28(27)10-12-3-2-6-24-16(12)19(21,22)23/h2-9H,10H2,1H3. The zero-order chi connectivity index (χ0) is 20.8. The Bertz CT molecular complexity index is 1260. The van der Waals surface area contributed by atoms with E-state index in [1.807, 2.05) is 0 Å². The number of alkyl halides is 3. The average molecular weight is 420 g/mol. The normalized spacial score (nSPS) is 11.9. The molecule has 0 radical (unpaired) electrons. The van der Waals surface area contributed by atoms with Crippen LogP contribution < -0.4 is 5.56 Å². The predicted octanol–water partition coefficient (Wildman–Crippen LogP) is 3.91. The molecular weight excluding hydrogens is 407 g/mol. The van der Waals surface area contributed by atoms with E-state index in [1.165, 1.54) is 40.9 Å². The molecule has 1 aromatic carbocycles. The van der Waals surface area contributed by atoms with Gasteiger partial charge in [-0.25, -0.2) is 9.97 Å². The number of hydrogen-bond acceptors (Lipinski definition) is 4. The summed E-state index contributed by atoms with van der Waals surface area (Å²) >= 11 is 5.72. The lowest BCUT2D eigenvalue weighted by molar-refractivity contribution is -0.141. The molecule has 0 atom stereocenters. The van der Waals surface area contributed by atoms with E-state index in [1.54, 1.807) is 18.2 Å². The van der Waals surface area contributed by atoms with Crippen molar-refractivity contribution < 1.29 is 13.2 Å². The second-order valence-electron chi connectivity index (χ2n) is 6.37. The maximum Gasteiger partial charge on any atom is 0.433 e. The second-order valence-corrected chi connectivity index (χ2v) is 6.71. The highest BCUT2D eigenvalue weighted by atomic mass is 35.5. The van der Waals surface area contributed by atoms with Crippen molar-refractivity contribution in [1.29, 1.82) is 0 Å². The molecule has 0 fully saturated rings. The average Bonchev–Trinajstić information content (AvgIpc) is 2.93. The van der Waals surface area contributed by atoms with Crippen LogP contribution in [0, 0.1) is 0 Å². The van der Waals surface area contributed by atoms with Crippen LogP contribution in [-0.2, 0) is 19.8 Å². The number of benzene rings is 1. The molecule has 0 aliphatic rings. The smallest absolute Gasteiger partial charge is 0.278 e. The highest BCUT2D eigenvalue weighted by Gasteiger charge is 2.35. The first-order valence-electron chi connectivity index (χ1n) is 8.44. The summed E-state index contributed by atoms with van der Waals surface area (Å²) in [7, 11) is 1.51. The second kappa shape index (κ2) is 7.00. The van der Waals surface area contributed by atoms with Gasteiger partial charge < -0.3 is 0 Å². The third-order valence-electron chi connectivity index (χ3n) is 4.60. The van der Waals surface area contributed by atoms with Crippen LogP contribution in [-0.4, -0.2) is 24.3 Å². The van der Waals surface area contributed by atoms with E-state index in [0.29, 0.717) is 22.0 Å². The zero-order valence-corrected chi connectivity index (χ0v) is 15.7. The van der Waals surface area contributed by atoms with Crippen LogP contribution in [0.3, 0.4) is 0 Å². The first-order valence-corrected chi connectivity index (χ1v) is 8.82. The molecule has 4 aromatic rings. The van der Waals surface area contributed by atoms with E-state index in [-0.39, 0.29) is 23.0 Å². The monoisotopic (exact) mass is 419 g/mol. The molecule has 0 aliphatic carbocycles. The molecule has 0 unspecified atom stereocenters. The third-order valence-corrected chi connectivity index (χ3v) is 4.79. The van der Waals surface area contributed by atoms with Crippen molar-refractivity contribution in [2.45, 2.75) is 12.7 Å². The van der Waals surface area contributed by atoms with Crippen LogP contribution in [0.5, 0.6) is 0 Å². The molecule has 0 bridgehead atoms. The Hall–Kier alpha value is -3.20. The lowest BCUT2D eigenvalue weighted by atomic mass is 10.1. The summed E-state index contributed by atoms with van der Waals surface area (Å²) in [4.78, 5) is 23.9. The minimum absolute atomic E-state index is 0.0345. The van der Waals surface area contributed by atoms with Crippen molar-refractivity contribution in [3.63, 3.8) is 0 Å². The Labute approximate surface area is 167 Å². The molecular formula is C19H13ClF3N5O. The molecule has 10 heteroatoms. The summed E-state index contributed by atoms with van der Waals surface area (Å²) in [5, 5.41) is 0.492. The van der Waals surface area contributed by atoms with Crippen molar-refractivity contribution in [2.24, 2.45) is 7.05 Å². The van der Waals surface area contributed by atoms with E-state index >= 15 is 0 Å². The van der Waals surface area contributed by atoms with Gasteiger partial charge in [0.2, 0.25) is 5.28 Å². The number of fused-ring (bicyclic) bond motifs is 1. The van der Waals surface area contributed by atoms with Gasteiger partial charge in [-0.1, -0.05) is 12.1 Å². The summed E-state index contributed by atoms with van der Waals surface area (Å²) in [6, 6.07) is 7.86. The van der Waals surface area contributed by atoms with E-state index in [4.69, 9.17) is 11.6 Å². The van der Waals surface area contributed by atoms with Crippen LogP contribution in [0.15, 0.2) is 53.7 Å². The van der Waals surface area contributed by atoms with E-state index < -0.39 is 11.9 Å². The molecule has 6 nitrogen and oxygen atoms in total. The van der Waals surface area contributed by atoms with Crippen molar-refractivity contribution >= 4 is 22.5 Å². The lowest BCUT2D eigenvalue weighted by Gasteiger charge is -2.14. The SMILES string of the molecule is Cn1c(=O)c2ccc(-c3cnc(Cl)nc3)cc2n1Cc1cccnc1C(F)(F)F. The topological polar surface area (TPSA) is 65.6 Å². The van der Waals surface area contributed by atoms with Gasteiger partial charge in [-0.05, 0) is 35.4 Å². The molecule has 3 heterocycles. The first kappa shape index (κ1) is 19.1. The molecule has 0 spiro atoms. The first-order chi connectivity index (χ1) is 13.8. The maximum absolute atomic E-state index is 13.3. The number of hydrogen-bond donors (Lipinski definition) is 0. The molecule has 0 aliphatic heterocycles. The van der Waals surface area contributed by atoms with Crippen LogP contribution in [0.1, 0.15) is 11.3 Å². The van der Waals surface area contributed by atoms with E-state index in [2.05, 4.69) is 15.0 Å². The molecule has 0 N–H and O–H groups in total. The van der Waals surface area contributed by atoms with Gasteiger partial charge in [0.05, 0.1) is 17.4 Å². The van der Waals surface area contributed by atoms with Gasteiger partial charge >= 0.3 is 6.18 Å². The molecule has 0 amide bonds. The number of rotatable bonds is 3. The summed E-state index contributed by atoms with van der Waals surface area (Å²) in [5.74, 6) is 0. The Morgan fingerprint density at radius 3 is 2.48 bits per heavy atom. The predicted molar refractivity (Wildman–Crippen MR) is 102 cm³/mol. The van der Waals surface area contributed by atoms with Gasteiger partial charge in [-0.15, -0.1) is 0 Å². The van der Waals surface area contributed by atoms with Gasteiger partial charge in [0.25, 0.3) is 5.56 Å². The van der Waals surface area contributed by atoms with Crippen molar-refractivity contribution in [3.05, 3.63) is 75.8 Å². The quantitative estimate of drug-likeness (QED) is 0.472. The van der Waals surface area contributed by atoms with Crippen LogP contribution >= 0.6 is 11.6 Å². The van der Waals surface area contributed by atoms with Crippen LogP contribution in [0.25, 0.3) is 22.0 Å². The Kier molecular flexibility index (Phi) is 4.62. The third kappa shape index (κ3) is 3.49. The Morgan fingerprint density at radius 1 is 1.07 bits per heavy atom. The Morgan fingerprint density at radius 2 is 1.79 bits per heavy atom. The summed E-state index contributed by atoms with van der Waals surface area (Å²) < 4.78 is 42.8. The highest BCUT2D eigenvalue weighted by molar-refractivity contribution is 6.28. The van der Waals surface area contributed by atoms with Crippen LogP contribution in [0.4, 0.5) is 13.2 Å². The van der Waals surface area contributed by atoms with Gasteiger partial charge in [0, 0.05) is 36.8 Å². The lowest BCUT2D eigenvalue weighted by Crippen LogP contribution is -2.21. The summed E-state index contributed by atoms with van der Waals surface area (Å²) in [6.45, 7) is -0.168.